The van der Waals surface area contributed by atoms with E-state index in [0.717, 1.165) is 16.8 Å². The molecule has 3 heterocycles. The zero-order valence-corrected chi connectivity index (χ0v) is 20.7. The first-order valence-electron chi connectivity index (χ1n) is 11.7. The first kappa shape index (κ1) is 23.2. The second kappa shape index (κ2) is 9.22. The van der Waals surface area contributed by atoms with Crippen LogP contribution in [-0.2, 0) is 11.3 Å². The summed E-state index contributed by atoms with van der Waals surface area (Å²) >= 11 is 6.13. The minimum Gasteiger partial charge on any atom is -0.368 e. The van der Waals surface area contributed by atoms with Crippen LogP contribution < -0.4 is 10.6 Å². The van der Waals surface area contributed by atoms with E-state index in [0.29, 0.717) is 48.4 Å². The Kier molecular flexibility index (Phi) is 6.10. The van der Waals surface area contributed by atoms with Crippen LogP contribution in [0.2, 0.25) is 5.02 Å². The van der Waals surface area contributed by atoms with Crippen molar-refractivity contribution >= 4 is 34.2 Å². The standard InChI is InChI=1S/C25H27ClN6O3/c1-16(2)32-21-8-7-18(24-27-17(3)35-28-24)13-22(21)31(25(32)34)15-23(33)30-11-9-29(10-12-30)20-6-4-5-19(26)14-20/h4-8,13-14,16H,9-12,15H2,1-3H3. The lowest BCUT2D eigenvalue weighted by molar-refractivity contribution is -0.132. The molecular weight excluding hydrogens is 468 g/mol. The Morgan fingerprint density at radius 1 is 1.09 bits per heavy atom. The van der Waals surface area contributed by atoms with Crippen molar-refractivity contribution in [1.29, 1.82) is 0 Å². The largest absolute Gasteiger partial charge is 0.368 e. The van der Waals surface area contributed by atoms with Crippen molar-refractivity contribution in [2.45, 2.75) is 33.4 Å². The maximum Gasteiger partial charge on any atom is 0.329 e. The number of hydrogen-bond acceptors (Lipinski definition) is 6. The predicted molar refractivity (Wildman–Crippen MR) is 135 cm³/mol. The molecule has 0 atom stereocenters. The maximum atomic E-state index is 13.4. The number of imidazole rings is 1. The van der Waals surface area contributed by atoms with Crippen LogP contribution in [0, 0.1) is 6.92 Å². The van der Waals surface area contributed by atoms with Gasteiger partial charge in [-0.2, -0.15) is 4.98 Å². The smallest absolute Gasteiger partial charge is 0.329 e. The molecule has 0 unspecified atom stereocenters. The van der Waals surface area contributed by atoms with Gasteiger partial charge in [0.25, 0.3) is 0 Å². The van der Waals surface area contributed by atoms with E-state index in [9.17, 15) is 9.59 Å². The van der Waals surface area contributed by atoms with Gasteiger partial charge in [0.2, 0.25) is 17.6 Å². The molecule has 0 aliphatic carbocycles. The molecule has 2 aromatic heterocycles. The van der Waals surface area contributed by atoms with Gasteiger partial charge in [0, 0.05) is 55.4 Å². The molecule has 10 heteroatoms. The van der Waals surface area contributed by atoms with Crippen molar-refractivity contribution in [3.63, 3.8) is 0 Å². The maximum absolute atomic E-state index is 13.4. The molecule has 5 rings (SSSR count). The van der Waals surface area contributed by atoms with Crippen molar-refractivity contribution in [1.82, 2.24) is 24.2 Å². The van der Waals surface area contributed by atoms with E-state index in [2.05, 4.69) is 15.0 Å². The number of carbonyl (C=O) groups excluding carboxylic acids is 1. The lowest BCUT2D eigenvalue weighted by atomic mass is 10.2. The van der Waals surface area contributed by atoms with Crippen molar-refractivity contribution in [2.24, 2.45) is 0 Å². The minimum absolute atomic E-state index is 0.0268. The third kappa shape index (κ3) is 4.43. The van der Waals surface area contributed by atoms with Gasteiger partial charge in [0.05, 0.1) is 11.0 Å². The summed E-state index contributed by atoms with van der Waals surface area (Å²) in [4.78, 5) is 35.0. The van der Waals surface area contributed by atoms with E-state index in [-0.39, 0.29) is 24.2 Å². The van der Waals surface area contributed by atoms with Crippen LogP contribution in [0.1, 0.15) is 25.8 Å². The fourth-order valence-electron chi connectivity index (χ4n) is 4.61. The minimum atomic E-state index is -0.206. The molecule has 1 saturated heterocycles. The SMILES string of the molecule is Cc1nc(-c2ccc3c(c2)n(CC(=O)N2CCN(c4cccc(Cl)c4)CC2)c(=O)n3C(C)C)no1. The van der Waals surface area contributed by atoms with Crippen LogP contribution in [0.5, 0.6) is 0 Å². The van der Waals surface area contributed by atoms with Crippen molar-refractivity contribution < 1.29 is 9.32 Å². The quantitative estimate of drug-likeness (QED) is 0.420. The first-order chi connectivity index (χ1) is 16.8. The molecule has 0 saturated carbocycles. The second-order valence-corrected chi connectivity index (χ2v) is 9.46. The highest BCUT2D eigenvalue weighted by Gasteiger charge is 2.24. The van der Waals surface area contributed by atoms with E-state index in [1.165, 1.54) is 0 Å². The summed E-state index contributed by atoms with van der Waals surface area (Å²) in [6.07, 6.45) is 0. The van der Waals surface area contributed by atoms with Gasteiger partial charge in [-0.15, -0.1) is 0 Å². The topological polar surface area (TPSA) is 89.4 Å². The summed E-state index contributed by atoms with van der Waals surface area (Å²) in [6.45, 7) is 8.18. The van der Waals surface area contributed by atoms with E-state index in [1.807, 2.05) is 61.2 Å². The number of fused-ring (bicyclic) bond motifs is 1. The number of rotatable bonds is 5. The third-order valence-electron chi connectivity index (χ3n) is 6.36. The summed E-state index contributed by atoms with van der Waals surface area (Å²) in [5.41, 5.74) is 3.01. The normalized spacial score (nSPS) is 14.3. The Hall–Kier alpha value is -3.59. The van der Waals surface area contributed by atoms with Crippen LogP contribution in [0.15, 0.2) is 51.8 Å². The Morgan fingerprint density at radius 2 is 1.86 bits per heavy atom. The van der Waals surface area contributed by atoms with Gasteiger partial charge in [-0.3, -0.25) is 13.9 Å². The van der Waals surface area contributed by atoms with Crippen LogP contribution in [0.3, 0.4) is 0 Å². The summed E-state index contributed by atoms with van der Waals surface area (Å²) in [5.74, 6) is 0.829. The molecule has 0 bridgehead atoms. The average molecular weight is 495 g/mol. The number of benzene rings is 2. The molecule has 1 aliphatic rings. The third-order valence-corrected chi connectivity index (χ3v) is 6.60. The average Bonchev–Trinajstić information content (AvgIpc) is 3.39. The Morgan fingerprint density at radius 3 is 2.51 bits per heavy atom. The molecule has 0 N–H and O–H groups in total. The molecule has 4 aromatic rings. The molecular formula is C25H27ClN6O3. The number of nitrogens with zero attached hydrogens (tertiary/aromatic N) is 6. The van der Waals surface area contributed by atoms with Gasteiger partial charge >= 0.3 is 5.69 Å². The van der Waals surface area contributed by atoms with Gasteiger partial charge in [-0.1, -0.05) is 22.8 Å². The first-order valence-corrected chi connectivity index (χ1v) is 12.0. The predicted octanol–water partition coefficient (Wildman–Crippen LogP) is 3.74. The van der Waals surface area contributed by atoms with E-state index in [4.69, 9.17) is 16.1 Å². The fraction of sp³-hybridized carbons (Fsp3) is 0.360. The van der Waals surface area contributed by atoms with Crippen molar-refractivity contribution in [2.75, 3.05) is 31.1 Å². The molecule has 0 radical (unpaired) electrons. The molecule has 35 heavy (non-hydrogen) atoms. The number of piperazine rings is 1. The molecule has 0 spiro atoms. The van der Waals surface area contributed by atoms with E-state index >= 15 is 0 Å². The molecule has 182 valence electrons. The highest BCUT2D eigenvalue weighted by Crippen LogP contribution is 2.25. The number of aryl methyl sites for hydroxylation is 1. The zero-order chi connectivity index (χ0) is 24.7. The Labute approximate surface area is 207 Å². The van der Waals surface area contributed by atoms with Gasteiger partial charge in [-0.25, -0.2) is 4.79 Å². The van der Waals surface area contributed by atoms with Crippen molar-refractivity contribution in [3.8, 4) is 11.4 Å². The number of hydrogen-bond donors (Lipinski definition) is 0. The highest BCUT2D eigenvalue weighted by molar-refractivity contribution is 6.30. The number of carbonyl (C=O) groups is 1. The van der Waals surface area contributed by atoms with Gasteiger partial charge in [0.15, 0.2) is 0 Å². The second-order valence-electron chi connectivity index (χ2n) is 9.02. The number of anilines is 1. The molecule has 9 nitrogen and oxygen atoms in total. The molecule has 2 aromatic carbocycles. The Balaban J connectivity index is 1.40. The van der Waals surface area contributed by atoms with Crippen molar-refractivity contribution in [3.05, 3.63) is 63.9 Å². The fourth-order valence-corrected chi connectivity index (χ4v) is 4.79. The van der Waals surface area contributed by atoms with Gasteiger partial charge < -0.3 is 14.3 Å². The summed E-state index contributed by atoms with van der Waals surface area (Å²) in [5, 5.41) is 4.68. The van der Waals surface area contributed by atoms with Crippen LogP contribution in [-0.4, -0.2) is 56.3 Å². The van der Waals surface area contributed by atoms with Crippen LogP contribution >= 0.6 is 11.6 Å². The van der Waals surface area contributed by atoms with E-state index < -0.39 is 0 Å². The summed E-state index contributed by atoms with van der Waals surface area (Å²) in [6, 6.07) is 13.3. The lowest BCUT2D eigenvalue weighted by Gasteiger charge is -2.36. The van der Waals surface area contributed by atoms with Gasteiger partial charge in [0.1, 0.15) is 6.54 Å². The number of aromatic nitrogens is 4. The summed E-state index contributed by atoms with van der Waals surface area (Å²) < 4.78 is 8.38. The van der Waals surface area contributed by atoms with E-state index in [1.54, 1.807) is 16.1 Å². The zero-order valence-electron chi connectivity index (χ0n) is 19.9. The molecule has 1 amide bonds. The van der Waals surface area contributed by atoms with Gasteiger partial charge in [-0.05, 0) is 50.2 Å². The monoisotopic (exact) mass is 494 g/mol. The van der Waals surface area contributed by atoms with Crippen LogP contribution in [0.4, 0.5) is 5.69 Å². The number of amides is 1. The Bertz CT molecular complexity index is 1450. The van der Waals surface area contributed by atoms with Crippen LogP contribution in [0.25, 0.3) is 22.4 Å². The molecule has 1 aliphatic heterocycles. The summed E-state index contributed by atoms with van der Waals surface area (Å²) in [7, 11) is 0. The number of halogens is 1. The highest BCUT2D eigenvalue weighted by atomic mass is 35.5. The molecule has 1 fully saturated rings. The lowest BCUT2D eigenvalue weighted by Crippen LogP contribution is -2.50.